The first-order valence-corrected chi connectivity index (χ1v) is 7.58. The van der Waals surface area contributed by atoms with Gasteiger partial charge in [0.15, 0.2) is 0 Å². The van der Waals surface area contributed by atoms with Gasteiger partial charge in [-0.05, 0) is 55.0 Å². The van der Waals surface area contributed by atoms with E-state index in [-0.39, 0.29) is 0 Å². The van der Waals surface area contributed by atoms with Gasteiger partial charge in [0.25, 0.3) is 0 Å². The van der Waals surface area contributed by atoms with Gasteiger partial charge < -0.3 is 9.30 Å². The third-order valence-corrected chi connectivity index (χ3v) is 4.01. The van der Waals surface area contributed by atoms with Crippen molar-refractivity contribution in [2.45, 2.75) is 13.5 Å². The molecule has 3 aromatic rings. The Morgan fingerprint density at radius 3 is 2.71 bits per heavy atom. The van der Waals surface area contributed by atoms with Crippen LogP contribution in [0.5, 0.6) is 5.75 Å². The van der Waals surface area contributed by atoms with Crippen LogP contribution in [0.4, 0.5) is 0 Å². The van der Waals surface area contributed by atoms with Crippen molar-refractivity contribution in [3.63, 3.8) is 0 Å². The lowest BCUT2D eigenvalue weighted by atomic mass is 10.2. The fraction of sp³-hybridized carbons (Fsp3) is 0.176. The predicted molar refractivity (Wildman–Crippen MR) is 88.7 cm³/mol. The van der Waals surface area contributed by atoms with Crippen molar-refractivity contribution in [1.29, 1.82) is 0 Å². The van der Waals surface area contributed by atoms with E-state index in [9.17, 15) is 0 Å². The second kappa shape index (κ2) is 6.00. The third kappa shape index (κ3) is 3.02. The van der Waals surface area contributed by atoms with Crippen molar-refractivity contribution < 1.29 is 4.74 Å². The summed E-state index contributed by atoms with van der Waals surface area (Å²) >= 11 is 12.3. The molecule has 0 atom stereocenters. The van der Waals surface area contributed by atoms with E-state index >= 15 is 0 Å². The molecule has 0 aliphatic rings. The van der Waals surface area contributed by atoms with Crippen molar-refractivity contribution in [2.24, 2.45) is 0 Å². The highest BCUT2D eigenvalue weighted by molar-refractivity contribution is 6.33. The van der Waals surface area contributed by atoms with E-state index in [1.807, 2.05) is 25.1 Å². The molecule has 0 aliphatic carbocycles. The minimum atomic E-state index is 0.671. The van der Waals surface area contributed by atoms with E-state index in [0.717, 1.165) is 27.2 Å². The average molecular weight is 320 g/mol. The molecular weight excluding hydrogens is 305 g/mol. The quantitative estimate of drug-likeness (QED) is 0.628. The van der Waals surface area contributed by atoms with E-state index < -0.39 is 0 Å². The number of nitrogens with zero attached hydrogens (tertiary/aromatic N) is 1. The number of aromatic nitrogens is 1. The number of halogens is 2. The molecule has 0 saturated heterocycles. The first-order chi connectivity index (χ1) is 10.2. The molecule has 4 heteroatoms. The molecule has 2 aromatic carbocycles. The zero-order chi connectivity index (χ0) is 14.8. The summed E-state index contributed by atoms with van der Waals surface area (Å²) in [7, 11) is 0. The molecule has 0 unspecified atom stereocenters. The summed E-state index contributed by atoms with van der Waals surface area (Å²) in [5.74, 6) is 0.892. The Morgan fingerprint density at radius 2 is 1.90 bits per heavy atom. The molecule has 3 rings (SSSR count). The summed E-state index contributed by atoms with van der Waals surface area (Å²) in [5.41, 5.74) is 2.16. The molecule has 2 nitrogen and oxygen atoms in total. The number of rotatable bonds is 4. The maximum Gasteiger partial charge on any atom is 0.120 e. The van der Waals surface area contributed by atoms with Gasteiger partial charge in [0.05, 0.1) is 6.61 Å². The number of hydrogen-bond donors (Lipinski definition) is 0. The van der Waals surface area contributed by atoms with Gasteiger partial charge in [-0.25, -0.2) is 0 Å². The van der Waals surface area contributed by atoms with Gasteiger partial charge in [-0.3, -0.25) is 0 Å². The Labute approximate surface area is 133 Å². The molecule has 108 valence electrons. The van der Waals surface area contributed by atoms with Gasteiger partial charge in [-0.1, -0.05) is 23.2 Å². The highest BCUT2D eigenvalue weighted by Gasteiger charge is 2.06. The van der Waals surface area contributed by atoms with Gasteiger partial charge in [0.1, 0.15) is 5.75 Å². The summed E-state index contributed by atoms with van der Waals surface area (Å²) in [4.78, 5) is 0. The molecule has 0 saturated carbocycles. The van der Waals surface area contributed by atoms with Gasteiger partial charge in [-0.2, -0.15) is 0 Å². The largest absolute Gasteiger partial charge is 0.494 e. The lowest BCUT2D eigenvalue weighted by Gasteiger charge is -2.09. The second-order valence-corrected chi connectivity index (χ2v) is 5.68. The van der Waals surface area contributed by atoms with Gasteiger partial charge >= 0.3 is 0 Å². The van der Waals surface area contributed by atoms with E-state index in [0.29, 0.717) is 18.2 Å². The minimum absolute atomic E-state index is 0.671. The summed E-state index contributed by atoms with van der Waals surface area (Å²) in [5, 5.41) is 2.58. The Balaban J connectivity index is 1.96. The van der Waals surface area contributed by atoms with Crippen molar-refractivity contribution in [3.8, 4) is 5.75 Å². The third-order valence-electron chi connectivity index (χ3n) is 3.40. The Morgan fingerprint density at radius 1 is 1.05 bits per heavy atom. The topological polar surface area (TPSA) is 14.2 Å². The van der Waals surface area contributed by atoms with Crippen LogP contribution in [0.2, 0.25) is 10.0 Å². The van der Waals surface area contributed by atoms with Crippen LogP contribution in [0.15, 0.2) is 48.7 Å². The van der Waals surface area contributed by atoms with Crippen LogP contribution < -0.4 is 4.74 Å². The zero-order valence-electron chi connectivity index (χ0n) is 11.6. The Hall–Kier alpha value is -1.64. The second-order valence-electron chi connectivity index (χ2n) is 4.83. The number of benzene rings is 2. The fourth-order valence-corrected chi connectivity index (χ4v) is 2.79. The molecule has 1 aromatic heterocycles. The molecular formula is C17H15Cl2NO. The van der Waals surface area contributed by atoms with Gasteiger partial charge in [0.2, 0.25) is 0 Å². The maximum absolute atomic E-state index is 6.24. The summed E-state index contributed by atoms with van der Waals surface area (Å²) in [6.07, 6.45) is 2.05. The van der Waals surface area contributed by atoms with E-state index in [1.165, 1.54) is 0 Å². The van der Waals surface area contributed by atoms with Crippen molar-refractivity contribution in [3.05, 3.63) is 64.3 Å². The molecule has 0 spiro atoms. The monoisotopic (exact) mass is 319 g/mol. The van der Waals surface area contributed by atoms with Crippen LogP contribution in [0.1, 0.15) is 12.5 Å². The van der Waals surface area contributed by atoms with Crippen LogP contribution in [0, 0.1) is 0 Å². The minimum Gasteiger partial charge on any atom is -0.494 e. The molecule has 0 N–H and O–H groups in total. The van der Waals surface area contributed by atoms with E-state index in [1.54, 1.807) is 6.07 Å². The smallest absolute Gasteiger partial charge is 0.120 e. The molecule has 21 heavy (non-hydrogen) atoms. The van der Waals surface area contributed by atoms with E-state index in [4.69, 9.17) is 27.9 Å². The van der Waals surface area contributed by atoms with Crippen molar-refractivity contribution in [2.75, 3.05) is 6.61 Å². The lowest BCUT2D eigenvalue weighted by molar-refractivity contribution is 0.340. The van der Waals surface area contributed by atoms with Gasteiger partial charge in [0, 0.05) is 33.7 Å². The van der Waals surface area contributed by atoms with Crippen LogP contribution in [0.3, 0.4) is 0 Å². The summed E-state index contributed by atoms with van der Waals surface area (Å²) in [6.45, 7) is 3.34. The lowest BCUT2D eigenvalue weighted by Crippen LogP contribution is -1.99. The molecule has 0 radical (unpaired) electrons. The normalized spacial score (nSPS) is 11.0. The summed E-state index contributed by atoms with van der Waals surface area (Å²) < 4.78 is 7.68. The first kappa shape index (κ1) is 14.3. The summed E-state index contributed by atoms with van der Waals surface area (Å²) in [6, 6.07) is 13.7. The Bertz CT molecular complexity index is 780. The van der Waals surface area contributed by atoms with Crippen LogP contribution >= 0.6 is 23.2 Å². The number of fused-ring (bicyclic) bond motifs is 1. The zero-order valence-corrected chi connectivity index (χ0v) is 13.2. The SMILES string of the molecule is CCOc1ccc2c(ccn2Cc2cc(Cl)ccc2Cl)c1. The first-order valence-electron chi connectivity index (χ1n) is 6.83. The van der Waals surface area contributed by atoms with E-state index in [2.05, 4.69) is 29.0 Å². The van der Waals surface area contributed by atoms with Crippen molar-refractivity contribution >= 4 is 34.1 Å². The molecule has 0 amide bonds. The number of hydrogen-bond acceptors (Lipinski definition) is 1. The predicted octanol–water partition coefficient (Wildman–Crippen LogP) is 5.40. The standard InChI is InChI=1S/C17H15Cl2NO/c1-2-21-15-4-6-17-12(10-15)7-8-20(17)11-13-9-14(18)3-5-16(13)19/h3-10H,2,11H2,1H3. The molecule has 0 fully saturated rings. The highest BCUT2D eigenvalue weighted by Crippen LogP contribution is 2.26. The van der Waals surface area contributed by atoms with Gasteiger partial charge in [-0.15, -0.1) is 0 Å². The molecule has 0 aliphatic heterocycles. The highest BCUT2D eigenvalue weighted by atomic mass is 35.5. The van der Waals surface area contributed by atoms with Crippen LogP contribution in [-0.4, -0.2) is 11.2 Å². The maximum atomic E-state index is 6.24. The van der Waals surface area contributed by atoms with Crippen molar-refractivity contribution in [1.82, 2.24) is 4.57 Å². The van der Waals surface area contributed by atoms with Crippen LogP contribution in [0.25, 0.3) is 10.9 Å². The molecule has 1 heterocycles. The fourth-order valence-electron chi connectivity index (χ4n) is 2.42. The van der Waals surface area contributed by atoms with Crippen LogP contribution in [-0.2, 0) is 6.54 Å². The Kier molecular flexibility index (Phi) is 4.09. The molecule has 0 bridgehead atoms. The number of ether oxygens (including phenoxy) is 1. The average Bonchev–Trinajstić information content (AvgIpc) is 2.86.